The van der Waals surface area contributed by atoms with E-state index in [0.29, 0.717) is 0 Å². The van der Waals surface area contributed by atoms with Crippen molar-refractivity contribution < 1.29 is 18.0 Å². The average Bonchev–Trinajstić information content (AvgIpc) is 2.34. The van der Waals surface area contributed by atoms with Crippen molar-refractivity contribution in [1.82, 2.24) is 4.90 Å². The molecule has 0 bridgehead atoms. The van der Waals surface area contributed by atoms with E-state index in [2.05, 4.69) is 0 Å². The predicted molar refractivity (Wildman–Crippen MR) is 72.2 cm³/mol. The fraction of sp³-hybridized carbons (Fsp3) is 0.500. The molecule has 112 valence electrons. The predicted octanol–water partition coefficient (Wildman–Crippen LogP) is 3.40. The van der Waals surface area contributed by atoms with E-state index in [-0.39, 0.29) is 17.5 Å². The highest BCUT2D eigenvalue weighted by Gasteiger charge is 2.35. The largest absolute Gasteiger partial charge is 0.418 e. The summed E-state index contributed by atoms with van der Waals surface area (Å²) in [6, 6.07) is 3.28. The van der Waals surface area contributed by atoms with Gasteiger partial charge in [-0.15, -0.1) is 0 Å². The maximum Gasteiger partial charge on any atom is 0.418 e. The number of hydrogen-bond donors (Lipinski definition) is 1. The van der Waals surface area contributed by atoms with E-state index in [0.717, 1.165) is 6.07 Å². The first-order chi connectivity index (χ1) is 9.07. The Bertz CT molecular complexity index is 498. The minimum absolute atomic E-state index is 0.101. The maximum atomic E-state index is 12.8. The number of anilines is 1. The van der Waals surface area contributed by atoms with Gasteiger partial charge in [0.15, 0.2) is 0 Å². The molecule has 1 aromatic rings. The molecule has 1 unspecified atom stereocenters. The Labute approximate surface area is 116 Å². The summed E-state index contributed by atoms with van der Waals surface area (Å²) in [4.78, 5) is 13.7. The van der Waals surface area contributed by atoms with Crippen molar-refractivity contribution >= 4 is 11.6 Å². The van der Waals surface area contributed by atoms with Crippen LogP contribution in [0.3, 0.4) is 0 Å². The Morgan fingerprint density at radius 2 is 1.80 bits per heavy atom. The van der Waals surface area contributed by atoms with Crippen LogP contribution in [0, 0.1) is 5.92 Å². The van der Waals surface area contributed by atoms with E-state index >= 15 is 0 Å². The van der Waals surface area contributed by atoms with Crippen LogP contribution in [0.5, 0.6) is 0 Å². The molecule has 1 amide bonds. The Hall–Kier alpha value is -1.72. The van der Waals surface area contributed by atoms with Crippen LogP contribution < -0.4 is 5.73 Å². The molecule has 20 heavy (non-hydrogen) atoms. The molecule has 0 saturated heterocycles. The molecule has 0 aliphatic carbocycles. The Morgan fingerprint density at radius 3 is 2.25 bits per heavy atom. The first-order valence-corrected chi connectivity index (χ1v) is 6.30. The van der Waals surface area contributed by atoms with Crippen molar-refractivity contribution in [1.29, 1.82) is 0 Å². The van der Waals surface area contributed by atoms with E-state index in [1.54, 1.807) is 7.05 Å². The van der Waals surface area contributed by atoms with Crippen LogP contribution >= 0.6 is 0 Å². The highest BCUT2D eigenvalue weighted by molar-refractivity contribution is 5.99. The van der Waals surface area contributed by atoms with Crippen LogP contribution in [0.15, 0.2) is 18.2 Å². The lowest BCUT2D eigenvalue weighted by atomic mass is 10.0. The summed E-state index contributed by atoms with van der Waals surface area (Å²) in [6.45, 7) is 5.71. The van der Waals surface area contributed by atoms with Gasteiger partial charge in [0.05, 0.1) is 16.8 Å². The number of carbonyl (C=O) groups excluding carboxylic acids is 1. The maximum absolute atomic E-state index is 12.8. The Balaban J connectivity index is 3.18. The highest BCUT2D eigenvalue weighted by atomic mass is 19.4. The van der Waals surface area contributed by atoms with E-state index in [1.807, 2.05) is 20.8 Å². The second kappa shape index (κ2) is 5.73. The van der Waals surface area contributed by atoms with E-state index in [4.69, 9.17) is 5.73 Å². The van der Waals surface area contributed by atoms with Crippen molar-refractivity contribution in [3.05, 3.63) is 29.3 Å². The molecular weight excluding hydrogens is 269 g/mol. The number of nitrogen functional groups attached to an aromatic ring is 1. The number of rotatable bonds is 3. The van der Waals surface area contributed by atoms with Gasteiger partial charge in [0.1, 0.15) is 0 Å². The van der Waals surface area contributed by atoms with Crippen molar-refractivity contribution in [3.63, 3.8) is 0 Å². The average molecular weight is 288 g/mol. The summed E-state index contributed by atoms with van der Waals surface area (Å²) < 4.78 is 38.3. The molecule has 0 aliphatic rings. The Morgan fingerprint density at radius 1 is 1.25 bits per heavy atom. The van der Waals surface area contributed by atoms with Crippen molar-refractivity contribution in [2.45, 2.75) is 33.0 Å². The van der Waals surface area contributed by atoms with Crippen LogP contribution in [0.1, 0.15) is 36.7 Å². The number of nitrogens with zero attached hydrogens (tertiary/aromatic N) is 1. The van der Waals surface area contributed by atoms with E-state index < -0.39 is 23.3 Å². The van der Waals surface area contributed by atoms with Gasteiger partial charge < -0.3 is 10.6 Å². The van der Waals surface area contributed by atoms with Gasteiger partial charge in [-0.25, -0.2) is 0 Å². The van der Waals surface area contributed by atoms with Gasteiger partial charge in [0.2, 0.25) is 0 Å². The van der Waals surface area contributed by atoms with Gasteiger partial charge >= 0.3 is 6.18 Å². The molecule has 0 spiro atoms. The fourth-order valence-corrected chi connectivity index (χ4v) is 1.82. The van der Waals surface area contributed by atoms with Gasteiger partial charge in [-0.1, -0.05) is 19.9 Å². The molecular formula is C14H19F3N2O. The summed E-state index contributed by atoms with van der Waals surface area (Å²) in [5, 5.41) is 0. The molecule has 0 aromatic heterocycles. The second-order valence-corrected chi connectivity index (χ2v) is 5.17. The minimum Gasteiger partial charge on any atom is -0.398 e. The molecule has 3 nitrogen and oxygen atoms in total. The van der Waals surface area contributed by atoms with Gasteiger partial charge in [-0.3, -0.25) is 4.79 Å². The van der Waals surface area contributed by atoms with Crippen molar-refractivity contribution in [3.8, 4) is 0 Å². The minimum atomic E-state index is -4.57. The first-order valence-electron chi connectivity index (χ1n) is 6.30. The number of carbonyl (C=O) groups is 1. The summed E-state index contributed by atoms with van der Waals surface area (Å²) >= 11 is 0. The summed E-state index contributed by atoms with van der Waals surface area (Å²) in [7, 11) is 1.56. The normalized spacial score (nSPS) is 13.4. The number of para-hydroxylation sites is 1. The van der Waals surface area contributed by atoms with E-state index in [1.165, 1.54) is 17.0 Å². The number of amides is 1. The number of hydrogen-bond acceptors (Lipinski definition) is 2. The molecule has 0 radical (unpaired) electrons. The standard InChI is InChI=1S/C14H19F3N2O/c1-8(2)9(3)19(4)13(20)10-6-5-7-11(12(10)18)14(15,16)17/h5-9H,18H2,1-4H3. The molecule has 1 rings (SSSR count). The molecule has 6 heteroatoms. The van der Waals surface area contributed by atoms with Gasteiger partial charge in [0, 0.05) is 13.1 Å². The second-order valence-electron chi connectivity index (χ2n) is 5.17. The van der Waals surface area contributed by atoms with Crippen LogP contribution in [-0.4, -0.2) is 23.9 Å². The van der Waals surface area contributed by atoms with Gasteiger partial charge in [-0.05, 0) is 25.0 Å². The molecule has 2 N–H and O–H groups in total. The molecule has 1 atom stereocenters. The third-order valence-electron chi connectivity index (χ3n) is 3.54. The van der Waals surface area contributed by atoms with Crippen LogP contribution in [0.25, 0.3) is 0 Å². The molecule has 0 fully saturated rings. The number of benzene rings is 1. The van der Waals surface area contributed by atoms with Crippen LogP contribution in [-0.2, 0) is 6.18 Å². The summed E-state index contributed by atoms with van der Waals surface area (Å²) in [5.74, 6) is -0.314. The monoisotopic (exact) mass is 288 g/mol. The van der Waals surface area contributed by atoms with Crippen molar-refractivity contribution in [2.75, 3.05) is 12.8 Å². The highest BCUT2D eigenvalue weighted by Crippen LogP contribution is 2.35. The number of nitrogens with two attached hydrogens (primary N) is 1. The first kappa shape index (κ1) is 16.3. The van der Waals surface area contributed by atoms with Crippen LogP contribution in [0.2, 0.25) is 0 Å². The topological polar surface area (TPSA) is 46.3 Å². The lowest BCUT2D eigenvalue weighted by Crippen LogP contribution is -2.38. The number of alkyl halides is 3. The molecule has 0 heterocycles. The smallest absolute Gasteiger partial charge is 0.398 e. The SMILES string of the molecule is CC(C)C(C)N(C)C(=O)c1cccc(C(F)(F)F)c1N. The molecule has 0 saturated carbocycles. The zero-order chi connectivity index (χ0) is 15.7. The lowest BCUT2D eigenvalue weighted by Gasteiger charge is -2.28. The van der Waals surface area contributed by atoms with Crippen LogP contribution in [0.4, 0.5) is 18.9 Å². The quantitative estimate of drug-likeness (QED) is 0.866. The third-order valence-corrected chi connectivity index (χ3v) is 3.54. The zero-order valence-electron chi connectivity index (χ0n) is 12.0. The fourth-order valence-electron chi connectivity index (χ4n) is 1.82. The van der Waals surface area contributed by atoms with E-state index in [9.17, 15) is 18.0 Å². The Kier molecular flexibility index (Phi) is 4.68. The third kappa shape index (κ3) is 3.23. The molecule has 0 aliphatic heterocycles. The van der Waals surface area contributed by atoms with Crippen molar-refractivity contribution in [2.24, 2.45) is 5.92 Å². The number of halogens is 3. The summed E-state index contributed by atoms with van der Waals surface area (Å²) in [5.41, 5.74) is 3.90. The lowest BCUT2D eigenvalue weighted by molar-refractivity contribution is -0.136. The zero-order valence-corrected chi connectivity index (χ0v) is 12.0. The molecule has 1 aromatic carbocycles. The van der Waals surface area contributed by atoms with Gasteiger partial charge in [-0.2, -0.15) is 13.2 Å². The summed E-state index contributed by atoms with van der Waals surface area (Å²) in [6.07, 6.45) is -4.57. The van der Waals surface area contributed by atoms with Gasteiger partial charge in [0.25, 0.3) is 5.91 Å².